The largest absolute Gasteiger partial charge is 0.368 e. The molecule has 4 N–H and O–H groups in total. The van der Waals surface area contributed by atoms with Crippen molar-refractivity contribution in [3.05, 3.63) is 0 Å². The van der Waals surface area contributed by atoms with Gasteiger partial charge in [-0.3, -0.25) is 4.79 Å². The minimum Gasteiger partial charge on any atom is -0.368 e. The molecule has 0 saturated heterocycles. The summed E-state index contributed by atoms with van der Waals surface area (Å²) in [6.45, 7) is 3.36. The molecule has 0 spiro atoms. The second-order valence-electron chi connectivity index (χ2n) is 2.18. The molecule has 0 radical (unpaired) electrons. The Morgan fingerprint density at radius 3 is 2.60 bits per heavy atom. The second kappa shape index (κ2) is 5.20. The normalized spacial score (nSPS) is 13.0. The number of carbonyl (C=O) groups excluding carboxylic acids is 1. The highest BCUT2D eigenvalue weighted by atomic mass is 16.1. The zero-order chi connectivity index (χ0) is 7.98. The fourth-order valence-corrected chi connectivity index (χ4v) is 0.514. The van der Waals surface area contributed by atoms with Crippen LogP contribution in [-0.2, 0) is 4.79 Å². The van der Waals surface area contributed by atoms with Gasteiger partial charge in [0.25, 0.3) is 0 Å². The van der Waals surface area contributed by atoms with Crippen LogP contribution in [0.5, 0.6) is 0 Å². The molecule has 0 aromatic rings. The summed E-state index contributed by atoms with van der Waals surface area (Å²) in [5, 5.41) is 5.89. The van der Waals surface area contributed by atoms with Gasteiger partial charge in [0.15, 0.2) is 0 Å². The standard InChI is InChI=1S/C6H15N3O/c1-5(6(7)10)9-4-3-8-2/h5,8-9H,3-4H2,1-2H3,(H2,7,10)/t5-/m1/s1. The van der Waals surface area contributed by atoms with Crippen molar-refractivity contribution in [2.45, 2.75) is 13.0 Å². The van der Waals surface area contributed by atoms with Crippen molar-refractivity contribution in [3.8, 4) is 0 Å². The van der Waals surface area contributed by atoms with Crippen molar-refractivity contribution in [2.24, 2.45) is 5.73 Å². The van der Waals surface area contributed by atoms with Gasteiger partial charge in [-0.1, -0.05) is 0 Å². The van der Waals surface area contributed by atoms with Crippen molar-refractivity contribution < 1.29 is 4.79 Å². The summed E-state index contributed by atoms with van der Waals surface area (Å²) in [5.74, 6) is -0.309. The molecule has 0 bridgehead atoms. The smallest absolute Gasteiger partial charge is 0.234 e. The molecule has 4 heteroatoms. The van der Waals surface area contributed by atoms with Crippen LogP contribution in [0.4, 0.5) is 0 Å². The number of primary amides is 1. The zero-order valence-corrected chi connectivity index (χ0v) is 6.48. The fraction of sp³-hybridized carbons (Fsp3) is 0.833. The van der Waals surface area contributed by atoms with Crippen molar-refractivity contribution in [3.63, 3.8) is 0 Å². The molecular weight excluding hydrogens is 130 g/mol. The van der Waals surface area contributed by atoms with Crippen LogP contribution in [-0.4, -0.2) is 32.1 Å². The van der Waals surface area contributed by atoms with E-state index >= 15 is 0 Å². The monoisotopic (exact) mass is 145 g/mol. The Morgan fingerprint density at radius 2 is 2.20 bits per heavy atom. The zero-order valence-electron chi connectivity index (χ0n) is 6.48. The van der Waals surface area contributed by atoms with Gasteiger partial charge in [-0.2, -0.15) is 0 Å². The Bertz CT molecular complexity index is 105. The average molecular weight is 145 g/mol. The van der Waals surface area contributed by atoms with E-state index in [1.807, 2.05) is 7.05 Å². The molecule has 1 atom stereocenters. The number of likely N-dealkylation sites (N-methyl/N-ethyl adjacent to an activating group) is 1. The number of amides is 1. The van der Waals surface area contributed by atoms with Gasteiger partial charge in [-0.05, 0) is 14.0 Å². The lowest BCUT2D eigenvalue weighted by atomic mass is 10.3. The SMILES string of the molecule is CNCCN[C@H](C)C(N)=O. The molecule has 0 aliphatic rings. The first kappa shape index (κ1) is 9.39. The number of hydrogen-bond donors (Lipinski definition) is 3. The number of hydrogen-bond acceptors (Lipinski definition) is 3. The number of nitrogens with one attached hydrogen (secondary N) is 2. The Kier molecular flexibility index (Phi) is 4.88. The quantitative estimate of drug-likeness (QED) is 0.420. The molecule has 60 valence electrons. The highest BCUT2D eigenvalue weighted by Crippen LogP contribution is 1.75. The summed E-state index contributed by atoms with van der Waals surface area (Å²) in [5.41, 5.74) is 5.00. The highest BCUT2D eigenvalue weighted by molar-refractivity contribution is 5.79. The lowest BCUT2D eigenvalue weighted by Crippen LogP contribution is -2.41. The lowest BCUT2D eigenvalue weighted by Gasteiger charge is -2.08. The molecule has 0 unspecified atom stereocenters. The summed E-state index contributed by atoms with van der Waals surface area (Å²) >= 11 is 0. The van der Waals surface area contributed by atoms with Crippen LogP contribution in [0, 0.1) is 0 Å². The Hall–Kier alpha value is -0.610. The molecule has 0 aliphatic heterocycles. The van der Waals surface area contributed by atoms with Crippen molar-refractivity contribution >= 4 is 5.91 Å². The Balaban J connectivity index is 3.21. The van der Waals surface area contributed by atoms with E-state index in [4.69, 9.17) is 5.73 Å². The molecule has 0 heterocycles. The first-order valence-corrected chi connectivity index (χ1v) is 3.35. The molecule has 0 aromatic heterocycles. The number of nitrogens with two attached hydrogens (primary N) is 1. The van der Waals surface area contributed by atoms with E-state index in [1.54, 1.807) is 6.92 Å². The molecular formula is C6H15N3O. The maximum Gasteiger partial charge on any atom is 0.234 e. The lowest BCUT2D eigenvalue weighted by molar-refractivity contribution is -0.119. The third kappa shape index (κ3) is 4.29. The summed E-state index contributed by atoms with van der Waals surface area (Å²) in [4.78, 5) is 10.4. The van der Waals surface area contributed by atoms with Gasteiger partial charge in [-0.25, -0.2) is 0 Å². The Morgan fingerprint density at radius 1 is 1.60 bits per heavy atom. The molecule has 4 nitrogen and oxygen atoms in total. The van der Waals surface area contributed by atoms with Crippen molar-refractivity contribution in [1.29, 1.82) is 0 Å². The van der Waals surface area contributed by atoms with E-state index in [-0.39, 0.29) is 11.9 Å². The predicted molar refractivity (Wildman–Crippen MR) is 40.6 cm³/mol. The topological polar surface area (TPSA) is 67.2 Å². The van der Waals surface area contributed by atoms with Gasteiger partial charge >= 0.3 is 0 Å². The minimum atomic E-state index is -0.309. The van der Waals surface area contributed by atoms with Gasteiger partial charge in [-0.15, -0.1) is 0 Å². The van der Waals surface area contributed by atoms with Gasteiger partial charge in [0.1, 0.15) is 0 Å². The van der Waals surface area contributed by atoms with Crippen LogP contribution in [0.15, 0.2) is 0 Å². The van der Waals surface area contributed by atoms with Crippen LogP contribution in [0.2, 0.25) is 0 Å². The van der Waals surface area contributed by atoms with E-state index in [0.29, 0.717) is 0 Å². The fourth-order valence-electron chi connectivity index (χ4n) is 0.514. The van der Waals surface area contributed by atoms with Crippen LogP contribution >= 0.6 is 0 Å². The number of carbonyl (C=O) groups is 1. The van der Waals surface area contributed by atoms with Gasteiger partial charge in [0, 0.05) is 13.1 Å². The second-order valence-corrected chi connectivity index (χ2v) is 2.18. The van der Waals surface area contributed by atoms with Gasteiger partial charge < -0.3 is 16.4 Å². The maximum absolute atomic E-state index is 10.4. The summed E-state index contributed by atoms with van der Waals surface area (Å²) in [6, 6.07) is -0.228. The van der Waals surface area contributed by atoms with Crippen LogP contribution in [0.25, 0.3) is 0 Å². The molecule has 0 fully saturated rings. The van der Waals surface area contributed by atoms with E-state index in [9.17, 15) is 4.79 Å². The highest BCUT2D eigenvalue weighted by Gasteiger charge is 2.04. The third-order valence-corrected chi connectivity index (χ3v) is 1.25. The first-order chi connectivity index (χ1) is 4.68. The van der Waals surface area contributed by atoms with Gasteiger partial charge in [0.2, 0.25) is 5.91 Å². The molecule has 0 aromatic carbocycles. The van der Waals surface area contributed by atoms with E-state index in [2.05, 4.69) is 10.6 Å². The first-order valence-electron chi connectivity index (χ1n) is 3.35. The maximum atomic E-state index is 10.4. The summed E-state index contributed by atoms with van der Waals surface area (Å²) in [6.07, 6.45) is 0. The average Bonchev–Trinajstić information content (AvgIpc) is 1.88. The van der Waals surface area contributed by atoms with Crippen LogP contribution in [0.3, 0.4) is 0 Å². The molecule has 10 heavy (non-hydrogen) atoms. The van der Waals surface area contributed by atoms with Gasteiger partial charge in [0.05, 0.1) is 6.04 Å². The summed E-state index contributed by atoms with van der Waals surface area (Å²) in [7, 11) is 1.86. The Labute approximate surface area is 61.2 Å². The number of rotatable bonds is 5. The van der Waals surface area contributed by atoms with Crippen molar-refractivity contribution in [2.75, 3.05) is 20.1 Å². The molecule has 1 amide bonds. The van der Waals surface area contributed by atoms with Crippen LogP contribution < -0.4 is 16.4 Å². The minimum absolute atomic E-state index is 0.228. The molecule has 0 aliphatic carbocycles. The van der Waals surface area contributed by atoms with E-state index in [1.165, 1.54) is 0 Å². The van der Waals surface area contributed by atoms with E-state index in [0.717, 1.165) is 13.1 Å². The molecule has 0 rings (SSSR count). The van der Waals surface area contributed by atoms with E-state index < -0.39 is 0 Å². The molecule has 0 saturated carbocycles. The predicted octanol–water partition coefficient (Wildman–Crippen LogP) is -1.33. The third-order valence-electron chi connectivity index (χ3n) is 1.25. The van der Waals surface area contributed by atoms with Crippen LogP contribution in [0.1, 0.15) is 6.92 Å². The summed E-state index contributed by atoms with van der Waals surface area (Å²) < 4.78 is 0. The van der Waals surface area contributed by atoms with Crippen molar-refractivity contribution in [1.82, 2.24) is 10.6 Å².